The zero-order valence-electron chi connectivity index (χ0n) is 16.0. The Kier molecular flexibility index (Phi) is 6.49. The summed E-state index contributed by atoms with van der Waals surface area (Å²) in [5.74, 6) is 0.890. The van der Waals surface area contributed by atoms with E-state index in [-0.39, 0.29) is 17.7 Å². The summed E-state index contributed by atoms with van der Waals surface area (Å²) in [4.78, 5) is 24.7. The normalized spacial score (nSPS) is 15.1. The molecule has 3 rings (SSSR count). The quantitative estimate of drug-likeness (QED) is 0.715. The molecule has 2 N–H and O–H groups in total. The Morgan fingerprint density at radius 2 is 1.93 bits per heavy atom. The van der Waals surface area contributed by atoms with Gasteiger partial charge < -0.3 is 24.8 Å². The second-order valence-electron chi connectivity index (χ2n) is 6.50. The van der Waals surface area contributed by atoms with E-state index < -0.39 is 0 Å². The van der Waals surface area contributed by atoms with Gasteiger partial charge in [0.15, 0.2) is 0 Å². The van der Waals surface area contributed by atoms with E-state index >= 15 is 0 Å². The maximum atomic E-state index is 12.4. The van der Waals surface area contributed by atoms with Gasteiger partial charge in [0, 0.05) is 24.9 Å². The smallest absolute Gasteiger partial charge is 0.255 e. The third-order valence-electron chi connectivity index (χ3n) is 4.55. The molecule has 0 aromatic heterocycles. The molecule has 7 heteroatoms. The fourth-order valence-corrected chi connectivity index (χ4v) is 3.01. The SMILES string of the molecule is COCCNC(=O)[C@@H]1COc2ccc(NC(=O)c3ccc(OC)cc3)cc2C1. The molecule has 7 nitrogen and oxygen atoms in total. The van der Waals surface area contributed by atoms with Gasteiger partial charge in [0.2, 0.25) is 5.91 Å². The molecule has 0 aliphatic carbocycles. The fraction of sp³-hybridized carbons (Fsp3) is 0.333. The van der Waals surface area contributed by atoms with Gasteiger partial charge in [0.05, 0.1) is 19.6 Å². The number of methoxy groups -OCH3 is 2. The van der Waals surface area contributed by atoms with Crippen LogP contribution in [0.5, 0.6) is 11.5 Å². The summed E-state index contributed by atoms with van der Waals surface area (Å²) in [6, 6.07) is 12.3. The molecule has 2 aromatic rings. The number of nitrogens with one attached hydrogen (secondary N) is 2. The van der Waals surface area contributed by atoms with Gasteiger partial charge in [-0.05, 0) is 54.4 Å². The van der Waals surface area contributed by atoms with Crippen LogP contribution in [0.15, 0.2) is 42.5 Å². The molecule has 0 bridgehead atoms. The Labute approximate surface area is 164 Å². The third-order valence-corrected chi connectivity index (χ3v) is 4.55. The van der Waals surface area contributed by atoms with Crippen molar-refractivity contribution in [3.05, 3.63) is 53.6 Å². The van der Waals surface area contributed by atoms with Crippen molar-refractivity contribution < 1.29 is 23.8 Å². The summed E-state index contributed by atoms with van der Waals surface area (Å²) in [7, 11) is 3.17. The number of carbonyl (C=O) groups excluding carboxylic acids is 2. The average Bonchev–Trinajstić information content (AvgIpc) is 2.73. The predicted molar refractivity (Wildman–Crippen MR) is 105 cm³/mol. The Bertz CT molecular complexity index is 835. The second kappa shape index (κ2) is 9.23. The lowest BCUT2D eigenvalue weighted by Gasteiger charge is -2.25. The number of anilines is 1. The van der Waals surface area contributed by atoms with Gasteiger partial charge in [-0.25, -0.2) is 0 Å². The highest BCUT2D eigenvalue weighted by atomic mass is 16.5. The molecule has 1 heterocycles. The first-order valence-corrected chi connectivity index (χ1v) is 9.08. The molecule has 0 unspecified atom stereocenters. The molecular weight excluding hydrogens is 360 g/mol. The minimum absolute atomic E-state index is 0.0598. The van der Waals surface area contributed by atoms with Gasteiger partial charge in [-0.15, -0.1) is 0 Å². The van der Waals surface area contributed by atoms with E-state index in [9.17, 15) is 9.59 Å². The number of amides is 2. The number of ether oxygens (including phenoxy) is 3. The average molecular weight is 384 g/mol. The number of rotatable bonds is 7. The van der Waals surface area contributed by atoms with Crippen molar-refractivity contribution in [1.82, 2.24) is 5.32 Å². The summed E-state index contributed by atoms with van der Waals surface area (Å²) in [5.41, 5.74) is 2.08. The van der Waals surface area contributed by atoms with Crippen LogP contribution in [0.3, 0.4) is 0 Å². The van der Waals surface area contributed by atoms with Gasteiger partial charge in [0.1, 0.15) is 18.1 Å². The molecule has 2 amide bonds. The van der Waals surface area contributed by atoms with Gasteiger partial charge in [0.25, 0.3) is 5.91 Å². The van der Waals surface area contributed by atoms with Gasteiger partial charge in [-0.2, -0.15) is 0 Å². The van der Waals surface area contributed by atoms with Crippen LogP contribution < -0.4 is 20.1 Å². The van der Waals surface area contributed by atoms with Crippen molar-refractivity contribution in [3.63, 3.8) is 0 Å². The van der Waals surface area contributed by atoms with Crippen molar-refractivity contribution in [2.75, 3.05) is 39.3 Å². The maximum absolute atomic E-state index is 12.4. The predicted octanol–water partition coefficient (Wildman–Crippen LogP) is 2.26. The van der Waals surface area contributed by atoms with Crippen molar-refractivity contribution >= 4 is 17.5 Å². The van der Waals surface area contributed by atoms with Crippen LogP contribution in [0.2, 0.25) is 0 Å². The molecule has 148 valence electrons. The molecule has 0 saturated heterocycles. The lowest BCUT2D eigenvalue weighted by Crippen LogP contribution is -2.38. The van der Waals surface area contributed by atoms with Crippen LogP contribution >= 0.6 is 0 Å². The molecule has 1 aliphatic heterocycles. The molecule has 0 fully saturated rings. The molecule has 1 atom stereocenters. The third kappa shape index (κ3) is 4.80. The lowest BCUT2D eigenvalue weighted by molar-refractivity contribution is -0.126. The van der Waals surface area contributed by atoms with Crippen molar-refractivity contribution in [3.8, 4) is 11.5 Å². The molecule has 0 saturated carbocycles. The first-order chi connectivity index (χ1) is 13.6. The van der Waals surface area contributed by atoms with E-state index in [1.165, 1.54) is 0 Å². The maximum Gasteiger partial charge on any atom is 0.255 e. The van der Waals surface area contributed by atoms with Gasteiger partial charge >= 0.3 is 0 Å². The highest BCUT2D eigenvalue weighted by Crippen LogP contribution is 2.30. The van der Waals surface area contributed by atoms with Crippen molar-refractivity contribution in [2.24, 2.45) is 5.92 Å². The number of benzene rings is 2. The highest BCUT2D eigenvalue weighted by molar-refractivity contribution is 6.04. The molecule has 2 aromatic carbocycles. The molecule has 1 aliphatic rings. The summed E-state index contributed by atoms with van der Waals surface area (Å²) in [6.07, 6.45) is 0.556. The molecule has 0 spiro atoms. The number of carbonyl (C=O) groups is 2. The van der Waals surface area contributed by atoms with Crippen molar-refractivity contribution in [2.45, 2.75) is 6.42 Å². The Morgan fingerprint density at radius 1 is 1.14 bits per heavy atom. The van der Waals surface area contributed by atoms with Crippen molar-refractivity contribution in [1.29, 1.82) is 0 Å². The fourth-order valence-electron chi connectivity index (χ4n) is 3.01. The zero-order chi connectivity index (χ0) is 19.9. The number of fused-ring (bicyclic) bond motifs is 1. The molecule has 0 radical (unpaired) electrons. The summed E-state index contributed by atoms with van der Waals surface area (Å²) < 4.78 is 15.8. The number of hydrogen-bond donors (Lipinski definition) is 2. The largest absolute Gasteiger partial charge is 0.497 e. The Morgan fingerprint density at radius 3 is 2.64 bits per heavy atom. The van der Waals surface area contributed by atoms with Crippen LogP contribution in [-0.2, 0) is 16.0 Å². The molecular formula is C21H24N2O5. The van der Waals surface area contributed by atoms with Crippen LogP contribution in [0.25, 0.3) is 0 Å². The topological polar surface area (TPSA) is 85.9 Å². The minimum atomic E-state index is -0.267. The van der Waals surface area contributed by atoms with E-state index in [1.807, 2.05) is 12.1 Å². The summed E-state index contributed by atoms with van der Waals surface area (Å²) in [5, 5.41) is 5.72. The van der Waals surface area contributed by atoms with E-state index in [0.29, 0.717) is 43.2 Å². The Hall–Kier alpha value is -3.06. The van der Waals surface area contributed by atoms with Crippen LogP contribution in [0, 0.1) is 5.92 Å². The van der Waals surface area contributed by atoms with Gasteiger partial charge in [-0.3, -0.25) is 9.59 Å². The standard InChI is InChI=1S/C21H24N2O5/c1-26-10-9-22-20(24)16-11-15-12-17(5-8-19(15)28-13-16)23-21(25)14-3-6-18(27-2)7-4-14/h3-8,12,16H,9-11,13H2,1-2H3,(H,22,24)(H,23,25)/t16-/m0/s1. The van der Waals surface area contributed by atoms with Gasteiger partial charge in [-0.1, -0.05) is 0 Å². The number of hydrogen-bond acceptors (Lipinski definition) is 5. The Balaban J connectivity index is 1.65. The van der Waals surface area contributed by atoms with Crippen LogP contribution in [-0.4, -0.2) is 45.8 Å². The first-order valence-electron chi connectivity index (χ1n) is 9.08. The van der Waals surface area contributed by atoms with E-state index in [1.54, 1.807) is 44.6 Å². The van der Waals surface area contributed by atoms with Crippen LogP contribution in [0.4, 0.5) is 5.69 Å². The first kappa shape index (κ1) is 19.7. The summed E-state index contributed by atoms with van der Waals surface area (Å²) in [6.45, 7) is 1.28. The lowest BCUT2D eigenvalue weighted by atomic mass is 9.95. The van der Waals surface area contributed by atoms with E-state index in [0.717, 1.165) is 11.3 Å². The van der Waals surface area contributed by atoms with Crippen LogP contribution in [0.1, 0.15) is 15.9 Å². The minimum Gasteiger partial charge on any atom is -0.497 e. The van der Waals surface area contributed by atoms with E-state index in [2.05, 4.69) is 10.6 Å². The zero-order valence-corrected chi connectivity index (χ0v) is 16.0. The second-order valence-corrected chi connectivity index (χ2v) is 6.50. The monoisotopic (exact) mass is 384 g/mol. The highest BCUT2D eigenvalue weighted by Gasteiger charge is 2.26. The summed E-state index contributed by atoms with van der Waals surface area (Å²) >= 11 is 0. The molecule has 28 heavy (non-hydrogen) atoms. The van der Waals surface area contributed by atoms with E-state index in [4.69, 9.17) is 14.2 Å².